The maximum Gasteiger partial charge on any atom is 0.271 e. The minimum atomic E-state index is -3.92. The normalized spacial score (nSPS) is 11.0. The van der Waals surface area contributed by atoms with Crippen LogP contribution in [-0.4, -0.2) is 35.8 Å². The Kier molecular flexibility index (Phi) is 6.58. The van der Waals surface area contributed by atoms with Crippen LogP contribution in [0.5, 0.6) is 5.88 Å². The summed E-state index contributed by atoms with van der Waals surface area (Å²) in [6.07, 6.45) is 4.42. The second-order valence-electron chi connectivity index (χ2n) is 6.34. The van der Waals surface area contributed by atoms with Gasteiger partial charge in [-0.25, -0.2) is 18.4 Å². The third kappa shape index (κ3) is 5.29. The van der Waals surface area contributed by atoms with Crippen molar-refractivity contribution in [3.8, 4) is 5.88 Å². The Hall–Kier alpha value is -3.53. The molecule has 0 bridgehead atoms. The van der Waals surface area contributed by atoms with E-state index in [9.17, 15) is 13.2 Å². The predicted molar refractivity (Wildman–Crippen MR) is 111 cm³/mol. The van der Waals surface area contributed by atoms with Crippen molar-refractivity contribution in [3.63, 3.8) is 0 Å². The Labute approximate surface area is 174 Å². The molecular formula is C20H21N5O4S. The van der Waals surface area contributed by atoms with Gasteiger partial charge in [0.1, 0.15) is 6.61 Å². The number of benzene rings is 1. The topological polar surface area (TPSA) is 123 Å². The van der Waals surface area contributed by atoms with E-state index in [1.165, 1.54) is 18.3 Å². The van der Waals surface area contributed by atoms with Gasteiger partial charge < -0.3 is 10.1 Å². The van der Waals surface area contributed by atoms with E-state index >= 15 is 0 Å². The summed E-state index contributed by atoms with van der Waals surface area (Å²) in [5.74, 6) is -0.671. The summed E-state index contributed by atoms with van der Waals surface area (Å²) >= 11 is 0. The number of carbonyl (C=O) groups is 1. The van der Waals surface area contributed by atoms with Crippen molar-refractivity contribution in [3.05, 3.63) is 71.8 Å². The van der Waals surface area contributed by atoms with E-state index in [0.29, 0.717) is 6.54 Å². The molecule has 0 saturated heterocycles. The maximum absolute atomic E-state index is 12.7. The Morgan fingerprint density at radius 1 is 1.13 bits per heavy atom. The average Bonchev–Trinajstić information content (AvgIpc) is 2.74. The van der Waals surface area contributed by atoms with Crippen LogP contribution in [0.1, 0.15) is 28.5 Å². The van der Waals surface area contributed by atoms with Crippen molar-refractivity contribution in [1.82, 2.24) is 20.3 Å². The van der Waals surface area contributed by atoms with Crippen molar-refractivity contribution < 1.29 is 17.9 Å². The van der Waals surface area contributed by atoms with Gasteiger partial charge >= 0.3 is 0 Å². The molecule has 0 saturated carbocycles. The van der Waals surface area contributed by atoms with Gasteiger partial charge in [0.25, 0.3) is 21.8 Å². The molecule has 3 rings (SSSR count). The monoisotopic (exact) mass is 427 g/mol. The number of pyridine rings is 1. The number of ether oxygens (including phenoxy) is 1. The second kappa shape index (κ2) is 9.31. The lowest BCUT2D eigenvalue weighted by molar-refractivity contribution is 0.0949. The predicted octanol–water partition coefficient (Wildman–Crippen LogP) is 2.31. The van der Waals surface area contributed by atoms with Gasteiger partial charge in [-0.1, -0.05) is 23.8 Å². The number of sulfonamides is 1. The van der Waals surface area contributed by atoms with E-state index < -0.39 is 15.9 Å². The number of rotatable bonds is 8. The summed E-state index contributed by atoms with van der Waals surface area (Å²) in [5, 5.41) is 2.62. The van der Waals surface area contributed by atoms with Crippen LogP contribution in [0.2, 0.25) is 0 Å². The molecule has 10 heteroatoms. The van der Waals surface area contributed by atoms with E-state index in [1.807, 2.05) is 6.92 Å². The minimum absolute atomic E-state index is 0.0105. The Morgan fingerprint density at radius 3 is 2.57 bits per heavy atom. The standard InChI is InChI=1S/C20H21N5O4S/c1-3-22-19(26)17-12-23-18(20(24-17)29-13-15-5-4-10-21-11-15)25-30(27,28)16-8-6-14(2)7-9-16/h4-12H,3,13H2,1-2H3,(H,22,26)(H,23,25). The van der Waals surface area contributed by atoms with Gasteiger partial charge in [0.15, 0.2) is 5.69 Å². The highest BCUT2D eigenvalue weighted by molar-refractivity contribution is 7.92. The first-order chi connectivity index (χ1) is 14.4. The first kappa shape index (κ1) is 21.2. The number of amides is 1. The fourth-order valence-corrected chi connectivity index (χ4v) is 3.45. The third-order valence-electron chi connectivity index (χ3n) is 3.97. The first-order valence-corrected chi connectivity index (χ1v) is 10.6. The van der Waals surface area contributed by atoms with Crippen LogP contribution in [0.4, 0.5) is 5.82 Å². The van der Waals surface area contributed by atoms with Crippen LogP contribution in [0.3, 0.4) is 0 Å². The van der Waals surface area contributed by atoms with Gasteiger partial charge in [0, 0.05) is 24.5 Å². The Balaban J connectivity index is 1.91. The van der Waals surface area contributed by atoms with Crippen molar-refractivity contribution in [1.29, 1.82) is 0 Å². The number of nitrogens with one attached hydrogen (secondary N) is 2. The number of anilines is 1. The van der Waals surface area contributed by atoms with Gasteiger partial charge in [0.2, 0.25) is 5.82 Å². The first-order valence-electron chi connectivity index (χ1n) is 9.15. The maximum atomic E-state index is 12.7. The van der Waals surface area contributed by atoms with Crippen molar-refractivity contribution in [2.45, 2.75) is 25.3 Å². The van der Waals surface area contributed by atoms with Crippen LogP contribution in [-0.2, 0) is 16.6 Å². The van der Waals surface area contributed by atoms with Gasteiger partial charge in [-0.3, -0.25) is 14.5 Å². The molecule has 0 aliphatic carbocycles. The zero-order valence-electron chi connectivity index (χ0n) is 16.5. The molecule has 2 N–H and O–H groups in total. The summed E-state index contributed by atoms with van der Waals surface area (Å²) in [6.45, 7) is 4.11. The van der Waals surface area contributed by atoms with Crippen LogP contribution < -0.4 is 14.8 Å². The molecule has 0 unspecified atom stereocenters. The molecule has 0 aliphatic heterocycles. The zero-order valence-corrected chi connectivity index (χ0v) is 17.3. The van der Waals surface area contributed by atoms with Crippen LogP contribution >= 0.6 is 0 Å². The van der Waals surface area contributed by atoms with E-state index in [4.69, 9.17) is 4.74 Å². The minimum Gasteiger partial charge on any atom is -0.470 e. The molecule has 9 nitrogen and oxygen atoms in total. The largest absolute Gasteiger partial charge is 0.470 e. The van der Waals surface area contributed by atoms with Crippen LogP contribution in [0.15, 0.2) is 59.9 Å². The Morgan fingerprint density at radius 2 is 1.90 bits per heavy atom. The van der Waals surface area contributed by atoms with Gasteiger partial charge in [-0.2, -0.15) is 0 Å². The van der Waals surface area contributed by atoms with Crippen molar-refractivity contribution in [2.24, 2.45) is 0 Å². The lowest BCUT2D eigenvalue weighted by Gasteiger charge is -2.13. The second-order valence-corrected chi connectivity index (χ2v) is 8.02. The van der Waals surface area contributed by atoms with E-state index in [2.05, 4.69) is 25.0 Å². The van der Waals surface area contributed by atoms with Gasteiger partial charge in [0.05, 0.1) is 11.1 Å². The Bertz CT molecular complexity index is 1120. The number of nitrogens with zero attached hydrogens (tertiary/aromatic N) is 3. The SMILES string of the molecule is CCNC(=O)c1cnc(NS(=O)(=O)c2ccc(C)cc2)c(OCc2cccnc2)n1. The molecule has 156 valence electrons. The highest BCUT2D eigenvalue weighted by Gasteiger charge is 2.20. The summed E-state index contributed by atoms with van der Waals surface area (Å²) in [4.78, 5) is 24.4. The van der Waals surface area contributed by atoms with Crippen LogP contribution in [0, 0.1) is 6.92 Å². The number of hydrogen-bond donors (Lipinski definition) is 2. The van der Waals surface area contributed by atoms with Crippen molar-refractivity contribution in [2.75, 3.05) is 11.3 Å². The van der Waals surface area contributed by atoms with Gasteiger partial charge in [-0.15, -0.1) is 0 Å². The highest BCUT2D eigenvalue weighted by atomic mass is 32.2. The highest BCUT2D eigenvalue weighted by Crippen LogP contribution is 2.24. The molecule has 0 aliphatic rings. The molecule has 0 spiro atoms. The number of aromatic nitrogens is 3. The van der Waals surface area contributed by atoms with Crippen LogP contribution in [0.25, 0.3) is 0 Å². The third-order valence-corrected chi connectivity index (χ3v) is 5.33. The molecule has 1 amide bonds. The molecule has 3 aromatic rings. The molecule has 0 atom stereocenters. The molecule has 1 aromatic carbocycles. The number of hydrogen-bond acceptors (Lipinski definition) is 7. The quantitative estimate of drug-likeness (QED) is 0.565. The zero-order chi connectivity index (χ0) is 21.6. The summed E-state index contributed by atoms with van der Waals surface area (Å²) in [5.41, 5.74) is 1.69. The molecule has 2 aromatic heterocycles. The fraction of sp³-hybridized carbons (Fsp3) is 0.200. The molecular weight excluding hydrogens is 406 g/mol. The van der Waals surface area contributed by atoms with Gasteiger partial charge in [-0.05, 0) is 32.0 Å². The smallest absolute Gasteiger partial charge is 0.271 e. The molecule has 0 radical (unpaired) electrons. The lowest BCUT2D eigenvalue weighted by atomic mass is 10.2. The van der Waals surface area contributed by atoms with Crippen molar-refractivity contribution >= 4 is 21.7 Å². The summed E-state index contributed by atoms with van der Waals surface area (Å²) in [6, 6.07) is 9.91. The molecule has 30 heavy (non-hydrogen) atoms. The summed E-state index contributed by atoms with van der Waals surface area (Å²) in [7, 11) is -3.92. The van der Waals surface area contributed by atoms with E-state index in [0.717, 1.165) is 11.1 Å². The fourth-order valence-electron chi connectivity index (χ4n) is 2.44. The molecule has 0 fully saturated rings. The van der Waals surface area contributed by atoms with E-state index in [1.54, 1.807) is 43.6 Å². The lowest BCUT2D eigenvalue weighted by Crippen LogP contribution is -2.24. The summed E-state index contributed by atoms with van der Waals surface area (Å²) < 4.78 is 33.5. The average molecular weight is 427 g/mol. The number of carbonyl (C=O) groups excluding carboxylic acids is 1. The molecule has 2 heterocycles. The number of aryl methyl sites for hydroxylation is 1. The van der Waals surface area contributed by atoms with E-state index in [-0.39, 0.29) is 28.9 Å².